The fraction of sp³-hybridized carbons (Fsp3) is 0.333. The van der Waals surface area contributed by atoms with Gasteiger partial charge in [0.15, 0.2) is 0 Å². The molecule has 0 saturated carbocycles. The number of pyridine rings is 1. The minimum atomic E-state index is -2.26. The summed E-state index contributed by atoms with van der Waals surface area (Å²) in [5.74, 6) is -0.453. The van der Waals surface area contributed by atoms with E-state index in [2.05, 4.69) is 19.8 Å². The van der Waals surface area contributed by atoms with Crippen LogP contribution in [-0.4, -0.2) is 29.3 Å². The average Bonchev–Trinajstić information content (AvgIpc) is 2.01. The number of aromatic nitrogens is 1. The number of primary amides is 1. The molecule has 0 unspecified atom stereocenters. The number of rotatable bonds is 2. The van der Waals surface area contributed by atoms with Gasteiger partial charge >= 0.3 is 92.8 Å². The Morgan fingerprint density at radius 3 is 2.43 bits per heavy atom. The van der Waals surface area contributed by atoms with Crippen molar-refractivity contribution in [2.45, 2.75) is 14.8 Å². The molecule has 0 saturated heterocycles. The van der Waals surface area contributed by atoms with Crippen LogP contribution in [0.15, 0.2) is 12.1 Å². The van der Waals surface area contributed by atoms with E-state index in [4.69, 9.17) is 17.3 Å². The van der Waals surface area contributed by atoms with E-state index in [0.29, 0.717) is 10.7 Å². The number of halogens is 1. The molecule has 0 radical (unpaired) electrons. The maximum absolute atomic E-state index is 11.0. The Kier molecular flexibility index (Phi) is 3.42. The molecule has 0 aromatic carbocycles. The van der Waals surface area contributed by atoms with Crippen molar-refractivity contribution in [2.75, 3.05) is 0 Å². The van der Waals surface area contributed by atoms with Crippen molar-refractivity contribution in [1.29, 1.82) is 0 Å². The van der Waals surface area contributed by atoms with Gasteiger partial charge in [-0.25, -0.2) is 0 Å². The van der Waals surface area contributed by atoms with Gasteiger partial charge in [0, 0.05) is 0 Å². The van der Waals surface area contributed by atoms with Crippen molar-refractivity contribution in [3.8, 4) is 0 Å². The first-order valence-electron chi connectivity index (χ1n) is 4.28. The number of nitrogens with zero attached hydrogens (tertiary/aromatic N) is 1. The van der Waals surface area contributed by atoms with Crippen LogP contribution >= 0.6 is 11.6 Å². The molecule has 0 aliphatic carbocycles. The van der Waals surface area contributed by atoms with Gasteiger partial charge in [-0.1, -0.05) is 0 Å². The molecule has 1 aromatic heterocycles. The summed E-state index contributed by atoms with van der Waals surface area (Å²) < 4.78 is 0.973. The molecule has 3 nitrogen and oxygen atoms in total. The molecule has 1 aromatic rings. The van der Waals surface area contributed by atoms with Gasteiger partial charge in [0.1, 0.15) is 0 Å². The van der Waals surface area contributed by atoms with Gasteiger partial charge in [-0.2, -0.15) is 0 Å². The van der Waals surface area contributed by atoms with Crippen molar-refractivity contribution in [3.05, 3.63) is 22.8 Å². The summed E-state index contributed by atoms with van der Waals surface area (Å²) in [4.78, 5) is 21.8. The third-order valence-corrected chi connectivity index (χ3v) is 7.16. The first kappa shape index (κ1) is 11.8. The molecule has 0 aliphatic heterocycles. The summed E-state index contributed by atoms with van der Waals surface area (Å²) in [5, 5.41) is 0.350. The summed E-state index contributed by atoms with van der Waals surface area (Å²) in [5.41, 5.74) is 5.64. The van der Waals surface area contributed by atoms with Crippen LogP contribution in [0.2, 0.25) is 20.0 Å². The number of carbonyl (C=O) groups is 1. The molecule has 0 aliphatic rings. The number of carbonyl (C=O) groups excluding carboxylic acids is 1. The van der Waals surface area contributed by atoms with Gasteiger partial charge in [-0.05, 0) is 0 Å². The quantitative estimate of drug-likeness (QED) is 0.661. The average molecular weight is 319 g/mol. The fourth-order valence-electron chi connectivity index (χ4n) is 1.02. The van der Waals surface area contributed by atoms with Crippen LogP contribution in [0.5, 0.6) is 0 Å². The molecule has 2 N–H and O–H groups in total. The number of amides is 1. The monoisotopic (exact) mass is 320 g/mol. The second-order valence-corrected chi connectivity index (χ2v) is 18.9. The van der Waals surface area contributed by atoms with E-state index in [0.717, 1.165) is 3.71 Å². The second kappa shape index (κ2) is 4.06. The van der Waals surface area contributed by atoms with Crippen LogP contribution in [0.1, 0.15) is 10.4 Å². The third-order valence-electron chi connectivity index (χ3n) is 1.85. The molecule has 5 heteroatoms. The van der Waals surface area contributed by atoms with Crippen molar-refractivity contribution in [2.24, 2.45) is 5.73 Å². The number of hydrogen-bond acceptors (Lipinski definition) is 2. The zero-order chi connectivity index (χ0) is 10.9. The van der Waals surface area contributed by atoms with E-state index >= 15 is 0 Å². The maximum atomic E-state index is 11.0. The normalized spacial score (nSPS) is 11.4. The van der Waals surface area contributed by atoms with Crippen molar-refractivity contribution < 1.29 is 4.79 Å². The number of nitrogens with two attached hydrogens (primary N) is 1. The van der Waals surface area contributed by atoms with E-state index in [9.17, 15) is 4.79 Å². The van der Waals surface area contributed by atoms with E-state index in [1.54, 1.807) is 6.07 Å². The Labute approximate surface area is 92.5 Å². The van der Waals surface area contributed by atoms with Crippen LogP contribution in [0.4, 0.5) is 0 Å². The van der Waals surface area contributed by atoms with E-state index in [-0.39, 0.29) is 0 Å². The van der Waals surface area contributed by atoms with Crippen molar-refractivity contribution in [3.63, 3.8) is 0 Å². The first-order valence-corrected chi connectivity index (χ1v) is 14.7. The summed E-state index contributed by atoms with van der Waals surface area (Å²) in [6.07, 6.45) is 0. The van der Waals surface area contributed by atoms with Crippen LogP contribution in [0.3, 0.4) is 0 Å². The third kappa shape index (κ3) is 2.85. The molecule has 14 heavy (non-hydrogen) atoms. The van der Waals surface area contributed by atoms with E-state index < -0.39 is 24.3 Å². The van der Waals surface area contributed by atoms with Crippen LogP contribution in [0.25, 0.3) is 0 Å². The van der Waals surface area contributed by atoms with Crippen LogP contribution < -0.4 is 9.44 Å². The zero-order valence-electron chi connectivity index (χ0n) is 8.47. The van der Waals surface area contributed by atoms with Crippen molar-refractivity contribution in [1.82, 2.24) is 4.98 Å². The summed E-state index contributed by atoms with van der Waals surface area (Å²) in [6, 6.07) is 3.27. The molecular formula is C9H13ClN2OSn. The molecule has 1 rings (SSSR count). The predicted molar refractivity (Wildman–Crippen MR) is 60.7 cm³/mol. The predicted octanol–water partition coefficient (Wildman–Crippen LogP) is 1.38. The molecule has 76 valence electrons. The molecule has 0 spiro atoms. The van der Waals surface area contributed by atoms with Crippen LogP contribution in [-0.2, 0) is 0 Å². The molecular weight excluding hydrogens is 306 g/mol. The minimum absolute atomic E-state index is 0.350. The summed E-state index contributed by atoms with van der Waals surface area (Å²) in [6.45, 7) is 0. The number of hydrogen-bond donors (Lipinski definition) is 1. The Bertz CT molecular complexity index is 374. The van der Waals surface area contributed by atoms with Gasteiger partial charge in [0.05, 0.1) is 0 Å². The molecule has 1 amide bonds. The molecule has 0 atom stereocenters. The molecule has 1 heterocycles. The van der Waals surface area contributed by atoms with Gasteiger partial charge in [0.25, 0.3) is 0 Å². The van der Waals surface area contributed by atoms with Gasteiger partial charge < -0.3 is 0 Å². The topological polar surface area (TPSA) is 56.0 Å². The Morgan fingerprint density at radius 2 is 2.00 bits per heavy atom. The van der Waals surface area contributed by atoms with Gasteiger partial charge in [0.2, 0.25) is 0 Å². The summed E-state index contributed by atoms with van der Waals surface area (Å²) in [7, 11) is 0. The zero-order valence-corrected chi connectivity index (χ0v) is 12.1. The fourth-order valence-corrected chi connectivity index (χ4v) is 4.41. The Hall–Kier alpha value is -0.291. The van der Waals surface area contributed by atoms with Crippen LogP contribution in [0, 0.1) is 0 Å². The second-order valence-electron chi connectivity index (χ2n) is 4.18. The van der Waals surface area contributed by atoms with Gasteiger partial charge in [-0.3, -0.25) is 0 Å². The first-order chi connectivity index (χ1) is 6.30. The SMILES string of the molecule is [CH3][Sn]([CH3])([CH3])[c]1cc(C(N)=O)cc(Cl)n1. The molecule has 0 bridgehead atoms. The van der Waals surface area contributed by atoms with Gasteiger partial charge in [-0.15, -0.1) is 0 Å². The Balaban J connectivity index is 3.28. The molecule has 0 fully saturated rings. The summed E-state index contributed by atoms with van der Waals surface area (Å²) >= 11 is 3.55. The van der Waals surface area contributed by atoms with E-state index in [1.165, 1.54) is 6.07 Å². The van der Waals surface area contributed by atoms with Crippen molar-refractivity contribution >= 4 is 39.6 Å². The van der Waals surface area contributed by atoms with E-state index in [1.807, 2.05) is 0 Å². The Morgan fingerprint density at radius 1 is 1.43 bits per heavy atom. The standard InChI is InChI=1S/C6H4ClN2O.3CH3.Sn/c7-5-3-4(6(8)10)1-2-9-5;;;;/h1,3H,(H2,8,10);3*1H3;.